The van der Waals surface area contributed by atoms with Gasteiger partial charge in [0, 0.05) is 5.41 Å². The fraction of sp³-hybridized carbons (Fsp3) is 0.375. The third-order valence-corrected chi connectivity index (χ3v) is 3.08. The molecular weight excluding hydrogens is 224 g/mol. The predicted molar refractivity (Wildman–Crippen MR) is 74.0 cm³/mol. The van der Waals surface area contributed by atoms with Gasteiger partial charge in [-0.2, -0.15) is 0 Å². The molecule has 1 rings (SSSR count). The number of hydrogen-bond donors (Lipinski definition) is 1. The molecule has 0 aliphatic carbocycles. The molecule has 0 heterocycles. The first-order chi connectivity index (χ1) is 8.48. The lowest BCUT2D eigenvalue weighted by Crippen LogP contribution is -2.44. The van der Waals surface area contributed by atoms with Gasteiger partial charge in [-0.1, -0.05) is 56.2 Å². The van der Waals surface area contributed by atoms with Gasteiger partial charge in [-0.3, -0.25) is 0 Å². The molecule has 0 aliphatic heterocycles. The van der Waals surface area contributed by atoms with Crippen molar-refractivity contribution in [3.05, 3.63) is 48.6 Å². The predicted octanol–water partition coefficient (Wildman–Crippen LogP) is 2.74. The van der Waals surface area contributed by atoms with Gasteiger partial charge in [0.15, 0.2) is 5.60 Å². The second-order valence-corrected chi connectivity index (χ2v) is 4.91. The van der Waals surface area contributed by atoms with Crippen LogP contribution in [-0.4, -0.2) is 18.3 Å². The van der Waals surface area contributed by atoms with E-state index in [1.807, 2.05) is 44.2 Å². The first-order valence-electron chi connectivity index (χ1n) is 5.92. The molecule has 2 nitrogen and oxygen atoms in total. The van der Waals surface area contributed by atoms with Crippen LogP contribution in [0, 0.1) is 17.8 Å². The second kappa shape index (κ2) is 5.86. The summed E-state index contributed by atoms with van der Waals surface area (Å²) in [7, 11) is 0. The van der Waals surface area contributed by atoms with Crippen molar-refractivity contribution >= 4 is 0 Å². The van der Waals surface area contributed by atoms with E-state index in [1.165, 1.54) is 0 Å². The molecule has 2 heteroatoms. The minimum atomic E-state index is -1.35. The Balaban J connectivity index is 3.00. The van der Waals surface area contributed by atoms with E-state index in [1.54, 1.807) is 6.08 Å². The zero-order valence-electron chi connectivity index (χ0n) is 11.0. The molecule has 1 aromatic carbocycles. The minimum Gasteiger partial charge on any atom is -0.377 e. The Labute approximate surface area is 109 Å². The highest BCUT2D eigenvalue weighted by Gasteiger charge is 2.43. The largest absolute Gasteiger partial charge is 0.377 e. The molecular formula is C16H20O2. The van der Waals surface area contributed by atoms with Crippen molar-refractivity contribution in [2.75, 3.05) is 13.2 Å². The van der Waals surface area contributed by atoms with E-state index in [2.05, 4.69) is 12.5 Å². The van der Waals surface area contributed by atoms with Crippen molar-refractivity contribution in [3.8, 4) is 12.3 Å². The number of terminal acetylenes is 1. The van der Waals surface area contributed by atoms with Crippen LogP contribution in [0.25, 0.3) is 0 Å². The van der Waals surface area contributed by atoms with Crippen LogP contribution < -0.4 is 0 Å². The summed E-state index contributed by atoms with van der Waals surface area (Å²) in [6.45, 7) is 8.18. The molecule has 1 atom stereocenters. The zero-order chi connectivity index (χ0) is 13.6. The maximum Gasteiger partial charge on any atom is 0.157 e. The molecule has 1 N–H and O–H groups in total. The van der Waals surface area contributed by atoms with Crippen LogP contribution >= 0.6 is 0 Å². The van der Waals surface area contributed by atoms with E-state index < -0.39 is 11.0 Å². The summed E-state index contributed by atoms with van der Waals surface area (Å²) < 4.78 is 5.44. The van der Waals surface area contributed by atoms with Gasteiger partial charge in [-0.15, -0.1) is 13.0 Å². The van der Waals surface area contributed by atoms with Gasteiger partial charge in [0.1, 0.15) is 0 Å². The van der Waals surface area contributed by atoms with Gasteiger partial charge >= 0.3 is 0 Å². The van der Waals surface area contributed by atoms with Gasteiger partial charge in [-0.25, -0.2) is 0 Å². The van der Waals surface area contributed by atoms with E-state index in [0.29, 0.717) is 18.8 Å². The van der Waals surface area contributed by atoms with Gasteiger partial charge in [0.05, 0.1) is 13.2 Å². The number of hydrogen-bond acceptors (Lipinski definition) is 2. The molecule has 0 spiro atoms. The molecule has 0 amide bonds. The van der Waals surface area contributed by atoms with Gasteiger partial charge in [0.25, 0.3) is 0 Å². The van der Waals surface area contributed by atoms with Crippen molar-refractivity contribution in [1.82, 2.24) is 0 Å². The van der Waals surface area contributed by atoms with Crippen LogP contribution in [-0.2, 0) is 10.3 Å². The Morgan fingerprint density at radius 1 is 1.39 bits per heavy atom. The topological polar surface area (TPSA) is 29.5 Å². The average Bonchev–Trinajstić information content (AvgIpc) is 2.38. The quantitative estimate of drug-likeness (QED) is 0.473. The monoisotopic (exact) mass is 244 g/mol. The van der Waals surface area contributed by atoms with Crippen LogP contribution in [0.5, 0.6) is 0 Å². The highest BCUT2D eigenvalue weighted by Crippen LogP contribution is 2.39. The summed E-state index contributed by atoms with van der Waals surface area (Å²) >= 11 is 0. The summed E-state index contributed by atoms with van der Waals surface area (Å²) in [5.74, 6) is 2.51. The average molecular weight is 244 g/mol. The number of ether oxygens (including phenoxy) is 1. The second-order valence-electron chi connectivity index (χ2n) is 4.91. The SMILES string of the molecule is C#CC(O)(c1ccccc1)C(C)(C)COCC=C. The molecule has 0 saturated carbocycles. The first kappa shape index (κ1) is 14.5. The van der Waals surface area contributed by atoms with E-state index in [0.717, 1.165) is 0 Å². The molecule has 0 bridgehead atoms. The highest BCUT2D eigenvalue weighted by atomic mass is 16.5. The molecule has 18 heavy (non-hydrogen) atoms. The van der Waals surface area contributed by atoms with E-state index in [9.17, 15) is 5.11 Å². The number of benzene rings is 1. The maximum absolute atomic E-state index is 10.8. The van der Waals surface area contributed by atoms with Crippen LogP contribution in [0.2, 0.25) is 0 Å². The van der Waals surface area contributed by atoms with Crippen molar-refractivity contribution in [3.63, 3.8) is 0 Å². The summed E-state index contributed by atoms with van der Waals surface area (Å²) in [5.41, 5.74) is -1.23. The molecule has 0 saturated heterocycles. The van der Waals surface area contributed by atoms with Gasteiger partial charge < -0.3 is 9.84 Å². The Bertz CT molecular complexity index is 428. The maximum atomic E-state index is 10.8. The molecule has 0 radical (unpaired) electrons. The van der Waals surface area contributed by atoms with Crippen molar-refractivity contribution < 1.29 is 9.84 Å². The summed E-state index contributed by atoms with van der Waals surface area (Å²) in [6, 6.07) is 9.27. The van der Waals surface area contributed by atoms with Crippen LogP contribution in [0.15, 0.2) is 43.0 Å². The Kier molecular flexibility index (Phi) is 4.72. The summed E-state index contributed by atoms with van der Waals surface area (Å²) in [6.07, 6.45) is 7.23. The summed E-state index contributed by atoms with van der Waals surface area (Å²) in [5, 5.41) is 10.8. The molecule has 96 valence electrons. The lowest BCUT2D eigenvalue weighted by molar-refractivity contribution is -0.0665. The van der Waals surface area contributed by atoms with E-state index in [4.69, 9.17) is 11.2 Å². The Morgan fingerprint density at radius 2 is 2.00 bits per heavy atom. The third-order valence-electron chi connectivity index (χ3n) is 3.08. The number of aliphatic hydroxyl groups is 1. The minimum absolute atomic E-state index is 0.356. The smallest absolute Gasteiger partial charge is 0.157 e. The normalized spacial score (nSPS) is 14.6. The lowest BCUT2D eigenvalue weighted by atomic mass is 9.72. The van der Waals surface area contributed by atoms with E-state index >= 15 is 0 Å². The van der Waals surface area contributed by atoms with Crippen LogP contribution in [0.3, 0.4) is 0 Å². The van der Waals surface area contributed by atoms with Crippen molar-refractivity contribution in [1.29, 1.82) is 0 Å². The molecule has 1 unspecified atom stereocenters. The molecule has 0 aliphatic rings. The van der Waals surface area contributed by atoms with Crippen molar-refractivity contribution in [2.45, 2.75) is 19.4 Å². The third kappa shape index (κ3) is 2.81. The molecule has 0 aromatic heterocycles. The fourth-order valence-electron chi connectivity index (χ4n) is 1.85. The van der Waals surface area contributed by atoms with Crippen molar-refractivity contribution in [2.24, 2.45) is 5.41 Å². The van der Waals surface area contributed by atoms with Gasteiger partial charge in [-0.05, 0) is 5.56 Å². The standard InChI is InChI=1S/C16H20O2/c1-5-12-18-13-15(3,4)16(17,6-2)14-10-8-7-9-11-14/h2,5,7-11,17H,1,12-13H2,3-4H3. The van der Waals surface area contributed by atoms with Gasteiger partial charge in [0.2, 0.25) is 0 Å². The molecule has 1 aromatic rings. The zero-order valence-corrected chi connectivity index (χ0v) is 11.0. The Morgan fingerprint density at radius 3 is 2.50 bits per heavy atom. The highest BCUT2D eigenvalue weighted by molar-refractivity contribution is 5.33. The van der Waals surface area contributed by atoms with Crippen LogP contribution in [0.1, 0.15) is 19.4 Å². The van der Waals surface area contributed by atoms with Crippen LogP contribution in [0.4, 0.5) is 0 Å². The Hall–Kier alpha value is -1.56. The summed E-state index contributed by atoms with van der Waals surface area (Å²) in [4.78, 5) is 0. The van der Waals surface area contributed by atoms with E-state index in [-0.39, 0.29) is 0 Å². The molecule has 0 fully saturated rings. The first-order valence-corrected chi connectivity index (χ1v) is 5.92. The lowest BCUT2D eigenvalue weighted by Gasteiger charge is -2.39. The number of rotatable bonds is 6. The fourth-order valence-corrected chi connectivity index (χ4v) is 1.85.